The first-order valence-corrected chi connectivity index (χ1v) is 6.19. The lowest BCUT2D eigenvalue weighted by Gasteiger charge is -2.16. The topological polar surface area (TPSA) is 18.5 Å². The first kappa shape index (κ1) is 14.7. The molecule has 0 fully saturated rings. The van der Waals surface area contributed by atoms with Gasteiger partial charge < -0.3 is 9.47 Å². The fourth-order valence-corrected chi connectivity index (χ4v) is 1.54. The summed E-state index contributed by atoms with van der Waals surface area (Å²) in [4.78, 5) is 0. The maximum Gasteiger partial charge on any atom is 0.157 e. The minimum Gasteiger partial charge on any atom is -0.353 e. The van der Waals surface area contributed by atoms with Crippen molar-refractivity contribution in [2.24, 2.45) is 0 Å². The SMILES string of the molecule is C=CCCCCCCC(OCC)OCC. The molecule has 0 aromatic rings. The number of allylic oxidation sites excluding steroid dienone is 1. The Morgan fingerprint density at radius 2 is 1.60 bits per heavy atom. The van der Waals surface area contributed by atoms with Crippen molar-refractivity contribution in [2.45, 2.75) is 58.7 Å². The summed E-state index contributed by atoms with van der Waals surface area (Å²) >= 11 is 0. The van der Waals surface area contributed by atoms with E-state index >= 15 is 0 Å². The summed E-state index contributed by atoms with van der Waals surface area (Å²) in [5, 5.41) is 0. The van der Waals surface area contributed by atoms with E-state index < -0.39 is 0 Å². The highest BCUT2D eigenvalue weighted by molar-refractivity contribution is 4.65. The van der Waals surface area contributed by atoms with Crippen molar-refractivity contribution in [1.82, 2.24) is 0 Å². The summed E-state index contributed by atoms with van der Waals surface area (Å²) in [6.45, 7) is 9.21. The van der Waals surface area contributed by atoms with Gasteiger partial charge in [0, 0.05) is 13.2 Å². The lowest BCUT2D eigenvalue weighted by Crippen LogP contribution is -2.17. The second kappa shape index (κ2) is 11.7. The lowest BCUT2D eigenvalue weighted by molar-refractivity contribution is -0.140. The molecular formula is C13H26O2. The second-order valence-electron chi connectivity index (χ2n) is 3.62. The molecule has 0 saturated carbocycles. The van der Waals surface area contributed by atoms with Crippen LogP contribution in [0, 0.1) is 0 Å². The number of hydrogen-bond donors (Lipinski definition) is 0. The molecule has 0 bridgehead atoms. The summed E-state index contributed by atoms with van der Waals surface area (Å²) in [5.74, 6) is 0. The first-order chi connectivity index (χ1) is 7.35. The molecule has 0 rings (SSSR count). The molecule has 0 atom stereocenters. The quantitative estimate of drug-likeness (QED) is 0.295. The van der Waals surface area contributed by atoms with Crippen LogP contribution in [0.3, 0.4) is 0 Å². The summed E-state index contributed by atoms with van der Waals surface area (Å²) in [5.41, 5.74) is 0. The largest absolute Gasteiger partial charge is 0.353 e. The Labute approximate surface area is 94.7 Å². The Bertz CT molecular complexity index is 128. The van der Waals surface area contributed by atoms with Gasteiger partial charge in [0.25, 0.3) is 0 Å². The van der Waals surface area contributed by atoms with E-state index in [2.05, 4.69) is 6.58 Å². The highest BCUT2D eigenvalue weighted by atomic mass is 16.7. The van der Waals surface area contributed by atoms with Gasteiger partial charge in [0.05, 0.1) is 0 Å². The molecule has 0 N–H and O–H groups in total. The molecule has 0 heterocycles. The van der Waals surface area contributed by atoms with Gasteiger partial charge in [0.15, 0.2) is 6.29 Å². The third kappa shape index (κ3) is 9.95. The number of ether oxygens (including phenoxy) is 2. The van der Waals surface area contributed by atoms with E-state index in [9.17, 15) is 0 Å². The fourth-order valence-electron chi connectivity index (χ4n) is 1.54. The van der Waals surface area contributed by atoms with E-state index in [1.165, 1.54) is 25.7 Å². The van der Waals surface area contributed by atoms with E-state index in [0.29, 0.717) is 0 Å². The van der Waals surface area contributed by atoms with Gasteiger partial charge in [-0.25, -0.2) is 0 Å². The maximum atomic E-state index is 5.47. The van der Waals surface area contributed by atoms with E-state index in [-0.39, 0.29) is 6.29 Å². The van der Waals surface area contributed by atoms with Crippen LogP contribution in [-0.2, 0) is 9.47 Å². The summed E-state index contributed by atoms with van der Waals surface area (Å²) in [6.07, 6.45) is 9.18. The van der Waals surface area contributed by atoms with Gasteiger partial charge in [-0.2, -0.15) is 0 Å². The van der Waals surface area contributed by atoms with Crippen molar-refractivity contribution in [1.29, 1.82) is 0 Å². The summed E-state index contributed by atoms with van der Waals surface area (Å²) in [6, 6.07) is 0. The van der Waals surface area contributed by atoms with Crippen LogP contribution in [0.25, 0.3) is 0 Å². The highest BCUT2D eigenvalue weighted by Crippen LogP contribution is 2.10. The monoisotopic (exact) mass is 214 g/mol. The van der Waals surface area contributed by atoms with Crippen molar-refractivity contribution < 1.29 is 9.47 Å². The molecule has 2 heteroatoms. The maximum absolute atomic E-state index is 5.47. The van der Waals surface area contributed by atoms with Gasteiger partial charge in [-0.15, -0.1) is 6.58 Å². The van der Waals surface area contributed by atoms with Crippen molar-refractivity contribution in [3.05, 3.63) is 12.7 Å². The van der Waals surface area contributed by atoms with E-state index in [0.717, 1.165) is 26.1 Å². The van der Waals surface area contributed by atoms with Gasteiger partial charge in [-0.1, -0.05) is 18.9 Å². The van der Waals surface area contributed by atoms with Crippen LogP contribution < -0.4 is 0 Å². The number of rotatable bonds is 11. The molecular weight excluding hydrogens is 188 g/mol. The van der Waals surface area contributed by atoms with Gasteiger partial charge >= 0.3 is 0 Å². The van der Waals surface area contributed by atoms with E-state index in [1.54, 1.807) is 0 Å². The average molecular weight is 214 g/mol. The number of unbranched alkanes of at least 4 members (excludes halogenated alkanes) is 4. The van der Waals surface area contributed by atoms with Crippen LogP contribution in [0.5, 0.6) is 0 Å². The summed E-state index contributed by atoms with van der Waals surface area (Å²) in [7, 11) is 0. The molecule has 0 spiro atoms. The van der Waals surface area contributed by atoms with Gasteiger partial charge in [-0.05, 0) is 39.5 Å². The molecule has 0 radical (unpaired) electrons. The van der Waals surface area contributed by atoms with Crippen LogP contribution in [0.4, 0.5) is 0 Å². The Balaban J connectivity index is 3.31. The van der Waals surface area contributed by atoms with Crippen LogP contribution >= 0.6 is 0 Å². The van der Waals surface area contributed by atoms with Gasteiger partial charge in [-0.3, -0.25) is 0 Å². The third-order valence-electron chi connectivity index (χ3n) is 2.30. The Morgan fingerprint density at radius 3 is 2.13 bits per heavy atom. The zero-order valence-corrected chi connectivity index (χ0v) is 10.3. The second-order valence-corrected chi connectivity index (χ2v) is 3.62. The zero-order chi connectivity index (χ0) is 11.4. The molecule has 0 unspecified atom stereocenters. The predicted octanol–water partition coefficient (Wildman–Crippen LogP) is 3.91. The van der Waals surface area contributed by atoms with Crippen molar-refractivity contribution in [3.8, 4) is 0 Å². The average Bonchev–Trinajstić information content (AvgIpc) is 2.24. The Morgan fingerprint density at radius 1 is 1.00 bits per heavy atom. The van der Waals surface area contributed by atoms with E-state index in [1.807, 2.05) is 19.9 Å². The third-order valence-corrected chi connectivity index (χ3v) is 2.30. The van der Waals surface area contributed by atoms with Crippen LogP contribution in [0.2, 0.25) is 0 Å². The highest BCUT2D eigenvalue weighted by Gasteiger charge is 2.06. The molecule has 15 heavy (non-hydrogen) atoms. The normalized spacial score (nSPS) is 10.9. The Kier molecular flexibility index (Phi) is 11.5. The van der Waals surface area contributed by atoms with Crippen LogP contribution in [0.1, 0.15) is 52.4 Å². The molecule has 90 valence electrons. The molecule has 0 saturated heterocycles. The van der Waals surface area contributed by atoms with Crippen LogP contribution in [0.15, 0.2) is 12.7 Å². The van der Waals surface area contributed by atoms with Crippen molar-refractivity contribution in [3.63, 3.8) is 0 Å². The van der Waals surface area contributed by atoms with E-state index in [4.69, 9.17) is 9.47 Å². The smallest absolute Gasteiger partial charge is 0.157 e. The summed E-state index contributed by atoms with van der Waals surface area (Å²) < 4.78 is 10.9. The fraction of sp³-hybridized carbons (Fsp3) is 0.846. The molecule has 0 aromatic carbocycles. The zero-order valence-electron chi connectivity index (χ0n) is 10.3. The molecule has 0 aliphatic rings. The molecule has 2 nitrogen and oxygen atoms in total. The predicted molar refractivity (Wildman–Crippen MR) is 64.9 cm³/mol. The molecule has 0 amide bonds. The van der Waals surface area contributed by atoms with Gasteiger partial charge in [0.2, 0.25) is 0 Å². The van der Waals surface area contributed by atoms with Crippen molar-refractivity contribution >= 4 is 0 Å². The number of hydrogen-bond acceptors (Lipinski definition) is 2. The first-order valence-electron chi connectivity index (χ1n) is 6.19. The minimum atomic E-state index is 0.0133. The molecule has 0 aromatic heterocycles. The Hall–Kier alpha value is -0.340. The standard InChI is InChI=1S/C13H26O2/c1-4-7-8-9-10-11-12-13(14-5-2)15-6-3/h4,13H,1,5-12H2,2-3H3. The van der Waals surface area contributed by atoms with Crippen molar-refractivity contribution in [2.75, 3.05) is 13.2 Å². The minimum absolute atomic E-state index is 0.0133. The van der Waals surface area contributed by atoms with Gasteiger partial charge in [0.1, 0.15) is 0 Å². The molecule has 0 aliphatic carbocycles. The molecule has 0 aliphatic heterocycles. The van der Waals surface area contributed by atoms with Crippen LogP contribution in [-0.4, -0.2) is 19.5 Å². The lowest BCUT2D eigenvalue weighted by atomic mass is 10.1.